The molecule has 2 amide bonds. The van der Waals surface area contributed by atoms with Gasteiger partial charge in [0, 0.05) is 49.9 Å². The smallest absolute Gasteiger partial charge is 0.264 e. The lowest BCUT2D eigenvalue weighted by molar-refractivity contribution is -0.121. The van der Waals surface area contributed by atoms with Gasteiger partial charge in [-0.1, -0.05) is 0 Å². The van der Waals surface area contributed by atoms with E-state index in [1.165, 1.54) is 23.4 Å². The molecule has 2 aliphatic heterocycles. The van der Waals surface area contributed by atoms with Gasteiger partial charge in [0.1, 0.15) is 5.75 Å². The summed E-state index contributed by atoms with van der Waals surface area (Å²) in [6, 6.07) is 12.8. The topological polar surface area (TPSA) is 78.9 Å². The molecule has 2 aromatic carbocycles. The maximum Gasteiger partial charge on any atom is 0.264 e. The number of anilines is 3. The molecule has 1 fully saturated rings. The van der Waals surface area contributed by atoms with E-state index in [9.17, 15) is 14.4 Å². The molecule has 2 aromatic rings. The Hall–Kier alpha value is -3.35. The highest BCUT2D eigenvalue weighted by atomic mass is 16.5. The standard InChI is InChI=1S/C23H25N3O4/c1-25-19-14-16(4-10-21(19)30-15-23(25)29)20(27)9-11-22(28)24-17-5-7-18(8-6-17)26-12-2-3-13-26/h4-8,10,14H,2-3,9,11-13,15H2,1H3,(H,24,28). The molecule has 7 nitrogen and oxygen atoms in total. The van der Waals surface area contributed by atoms with Gasteiger partial charge in [0.2, 0.25) is 5.91 Å². The van der Waals surface area contributed by atoms with Crippen LogP contribution in [0.3, 0.4) is 0 Å². The van der Waals surface area contributed by atoms with Crippen LogP contribution in [0.4, 0.5) is 17.1 Å². The van der Waals surface area contributed by atoms with Gasteiger partial charge >= 0.3 is 0 Å². The van der Waals surface area contributed by atoms with E-state index >= 15 is 0 Å². The average molecular weight is 407 g/mol. The van der Waals surface area contributed by atoms with Crippen LogP contribution in [0.1, 0.15) is 36.0 Å². The number of ketones is 1. The van der Waals surface area contributed by atoms with E-state index in [2.05, 4.69) is 10.2 Å². The van der Waals surface area contributed by atoms with Gasteiger partial charge in [-0.3, -0.25) is 14.4 Å². The molecule has 7 heteroatoms. The summed E-state index contributed by atoms with van der Waals surface area (Å²) < 4.78 is 5.38. The van der Waals surface area contributed by atoms with Crippen LogP contribution in [0.5, 0.6) is 5.75 Å². The SMILES string of the molecule is CN1C(=O)COc2ccc(C(=O)CCC(=O)Nc3ccc(N4CCCC4)cc3)cc21. The van der Waals surface area contributed by atoms with Crippen molar-refractivity contribution < 1.29 is 19.1 Å². The highest BCUT2D eigenvalue weighted by Crippen LogP contribution is 2.32. The zero-order valence-corrected chi connectivity index (χ0v) is 17.0. The fourth-order valence-corrected chi connectivity index (χ4v) is 3.77. The zero-order chi connectivity index (χ0) is 21.1. The molecular weight excluding hydrogens is 382 g/mol. The molecule has 0 aromatic heterocycles. The summed E-state index contributed by atoms with van der Waals surface area (Å²) in [5.74, 6) is 0.0561. The second-order valence-electron chi connectivity index (χ2n) is 7.64. The van der Waals surface area contributed by atoms with E-state index in [0.717, 1.165) is 18.8 Å². The van der Waals surface area contributed by atoms with E-state index in [1.807, 2.05) is 24.3 Å². The summed E-state index contributed by atoms with van der Waals surface area (Å²) in [6.45, 7) is 2.15. The second-order valence-corrected chi connectivity index (χ2v) is 7.64. The first-order valence-electron chi connectivity index (χ1n) is 10.2. The maximum absolute atomic E-state index is 12.5. The minimum atomic E-state index is -0.203. The number of rotatable bonds is 6. The molecule has 0 bridgehead atoms. The molecule has 30 heavy (non-hydrogen) atoms. The Labute approximate surface area is 175 Å². The third-order valence-electron chi connectivity index (χ3n) is 5.57. The Bertz CT molecular complexity index is 965. The molecule has 1 N–H and O–H groups in total. The summed E-state index contributed by atoms with van der Waals surface area (Å²) >= 11 is 0. The third kappa shape index (κ3) is 4.30. The summed E-state index contributed by atoms with van der Waals surface area (Å²) in [5.41, 5.74) is 2.92. The van der Waals surface area contributed by atoms with Crippen LogP contribution in [0.15, 0.2) is 42.5 Å². The molecule has 2 heterocycles. The zero-order valence-electron chi connectivity index (χ0n) is 17.0. The second kappa shape index (κ2) is 8.57. The van der Waals surface area contributed by atoms with Crippen molar-refractivity contribution in [3.63, 3.8) is 0 Å². The van der Waals surface area contributed by atoms with E-state index < -0.39 is 0 Å². The van der Waals surface area contributed by atoms with Crippen molar-refractivity contribution in [1.82, 2.24) is 0 Å². The Morgan fingerprint density at radius 3 is 2.50 bits per heavy atom. The van der Waals surface area contributed by atoms with Crippen molar-refractivity contribution >= 4 is 34.7 Å². The van der Waals surface area contributed by atoms with Crippen LogP contribution in [-0.4, -0.2) is 44.3 Å². The fraction of sp³-hybridized carbons (Fsp3) is 0.348. The van der Waals surface area contributed by atoms with Crippen molar-refractivity contribution in [2.45, 2.75) is 25.7 Å². The fourth-order valence-electron chi connectivity index (χ4n) is 3.77. The Morgan fingerprint density at radius 2 is 1.77 bits per heavy atom. The number of hydrogen-bond donors (Lipinski definition) is 1. The summed E-state index contributed by atoms with van der Waals surface area (Å²) in [5, 5.41) is 2.85. The van der Waals surface area contributed by atoms with Crippen LogP contribution in [-0.2, 0) is 9.59 Å². The van der Waals surface area contributed by atoms with Crippen molar-refractivity contribution in [2.75, 3.05) is 41.9 Å². The highest BCUT2D eigenvalue weighted by Gasteiger charge is 2.23. The van der Waals surface area contributed by atoms with Crippen LogP contribution in [0.25, 0.3) is 0 Å². The van der Waals surface area contributed by atoms with Gasteiger partial charge in [-0.05, 0) is 55.3 Å². The van der Waals surface area contributed by atoms with E-state index in [-0.39, 0.29) is 37.0 Å². The number of ether oxygens (including phenoxy) is 1. The molecule has 0 atom stereocenters. The van der Waals surface area contributed by atoms with Crippen molar-refractivity contribution in [1.29, 1.82) is 0 Å². The number of Topliss-reactive ketones (excluding diaryl/α,β-unsaturated/α-hetero) is 1. The van der Waals surface area contributed by atoms with E-state index in [1.54, 1.807) is 25.2 Å². The average Bonchev–Trinajstić information content (AvgIpc) is 3.30. The highest BCUT2D eigenvalue weighted by molar-refractivity contribution is 6.03. The van der Waals surface area contributed by atoms with Crippen LogP contribution in [0.2, 0.25) is 0 Å². The minimum Gasteiger partial charge on any atom is -0.482 e. The first-order chi connectivity index (χ1) is 14.5. The molecule has 0 aliphatic carbocycles. The number of carbonyl (C=O) groups excluding carboxylic acids is 3. The van der Waals surface area contributed by atoms with Crippen molar-refractivity contribution in [3.05, 3.63) is 48.0 Å². The van der Waals surface area contributed by atoms with Crippen LogP contribution >= 0.6 is 0 Å². The van der Waals surface area contributed by atoms with Gasteiger partial charge in [0.15, 0.2) is 12.4 Å². The van der Waals surface area contributed by atoms with Gasteiger partial charge in [-0.15, -0.1) is 0 Å². The predicted octanol–water partition coefficient (Wildman–Crippen LogP) is 3.24. The minimum absolute atomic E-state index is 0.00399. The molecule has 2 aliphatic rings. The third-order valence-corrected chi connectivity index (χ3v) is 5.57. The lowest BCUT2D eigenvalue weighted by Crippen LogP contribution is -2.35. The Morgan fingerprint density at radius 1 is 1.03 bits per heavy atom. The number of likely N-dealkylation sites (N-methyl/N-ethyl adjacent to an activating group) is 1. The lowest BCUT2D eigenvalue weighted by Gasteiger charge is -2.26. The van der Waals surface area contributed by atoms with Gasteiger partial charge in [-0.2, -0.15) is 0 Å². The Balaban J connectivity index is 1.31. The lowest BCUT2D eigenvalue weighted by atomic mass is 10.0. The number of carbonyl (C=O) groups is 3. The van der Waals surface area contributed by atoms with Gasteiger partial charge in [0.05, 0.1) is 5.69 Å². The van der Waals surface area contributed by atoms with Gasteiger partial charge in [0.25, 0.3) is 5.91 Å². The monoisotopic (exact) mass is 407 g/mol. The first kappa shape index (κ1) is 19.9. The molecule has 0 unspecified atom stereocenters. The van der Waals surface area contributed by atoms with Crippen LogP contribution < -0.4 is 19.9 Å². The number of benzene rings is 2. The molecule has 0 spiro atoms. The van der Waals surface area contributed by atoms with Gasteiger partial charge in [-0.25, -0.2) is 0 Å². The number of fused-ring (bicyclic) bond motifs is 1. The number of amides is 2. The van der Waals surface area contributed by atoms with Crippen LogP contribution in [0, 0.1) is 0 Å². The summed E-state index contributed by atoms with van der Waals surface area (Å²) in [4.78, 5) is 40.4. The molecule has 0 radical (unpaired) electrons. The molecular formula is C23H25N3O4. The first-order valence-corrected chi connectivity index (χ1v) is 10.2. The largest absolute Gasteiger partial charge is 0.482 e. The maximum atomic E-state index is 12.5. The van der Waals surface area contributed by atoms with Gasteiger partial charge < -0.3 is 19.9 Å². The number of nitrogens with zero attached hydrogens (tertiary/aromatic N) is 2. The van der Waals surface area contributed by atoms with Crippen molar-refractivity contribution in [3.8, 4) is 5.75 Å². The molecule has 1 saturated heterocycles. The predicted molar refractivity (Wildman–Crippen MR) is 115 cm³/mol. The summed E-state index contributed by atoms with van der Waals surface area (Å²) in [7, 11) is 1.65. The summed E-state index contributed by atoms with van der Waals surface area (Å²) in [6.07, 6.45) is 2.62. The van der Waals surface area contributed by atoms with E-state index in [4.69, 9.17) is 4.74 Å². The molecule has 0 saturated carbocycles. The quantitative estimate of drug-likeness (QED) is 0.744. The number of nitrogens with one attached hydrogen (secondary N) is 1. The van der Waals surface area contributed by atoms with E-state index in [0.29, 0.717) is 17.0 Å². The number of hydrogen-bond acceptors (Lipinski definition) is 5. The normalized spacial score (nSPS) is 15.6. The molecule has 4 rings (SSSR count). The Kier molecular flexibility index (Phi) is 5.70. The van der Waals surface area contributed by atoms with Crippen molar-refractivity contribution in [2.24, 2.45) is 0 Å². The molecule has 156 valence electrons.